The van der Waals surface area contributed by atoms with Crippen molar-refractivity contribution in [2.75, 3.05) is 38.0 Å². The van der Waals surface area contributed by atoms with E-state index in [1.54, 1.807) is 11.0 Å². The molecule has 0 bridgehead atoms. The van der Waals surface area contributed by atoms with Crippen molar-refractivity contribution in [3.63, 3.8) is 0 Å². The summed E-state index contributed by atoms with van der Waals surface area (Å²) in [4.78, 5) is 27.5. The molecule has 5 nitrogen and oxygen atoms in total. The number of carbonyl (C=O) groups is 2. The largest absolute Gasteiger partial charge is 0.418 e. The molecule has 1 heterocycles. The summed E-state index contributed by atoms with van der Waals surface area (Å²) in [7, 11) is 0. The van der Waals surface area contributed by atoms with Gasteiger partial charge in [0.2, 0.25) is 0 Å². The van der Waals surface area contributed by atoms with Gasteiger partial charge >= 0.3 is 6.18 Å². The highest BCUT2D eigenvalue weighted by Crippen LogP contribution is 2.34. The van der Waals surface area contributed by atoms with Crippen molar-refractivity contribution in [2.45, 2.75) is 13.1 Å². The van der Waals surface area contributed by atoms with Gasteiger partial charge in [0.25, 0.3) is 11.8 Å². The van der Waals surface area contributed by atoms with Crippen LogP contribution in [-0.2, 0) is 11.0 Å². The normalized spacial score (nSPS) is 15.2. The van der Waals surface area contributed by atoms with Gasteiger partial charge in [-0.05, 0) is 31.2 Å². The van der Waals surface area contributed by atoms with Crippen LogP contribution in [0.5, 0.6) is 0 Å². The quantitative estimate of drug-likeness (QED) is 0.816. The third-order valence-electron chi connectivity index (χ3n) is 4.94. The maximum absolute atomic E-state index is 13.0. The Morgan fingerprint density at radius 3 is 2.41 bits per heavy atom. The van der Waals surface area contributed by atoms with E-state index in [4.69, 9.17) is 0 Å². The van der Waals surface area contributed by atoms with Crippen molar-refractivity contribution >= 4 is 17.5 Å². The number of nitrogens with zero attached hydrogens (tertiary/aromatic N) is 1. The smallest absolute Gasteiger partial charge is 0.327 e. The van der Waals surface area contributed by atoms with Crippen LogP contribution < -0.4 is 10.2 Å². The molecule has 8 heteroatoms. The minimum atomic E-state index is -4.53. The van der Waals surface area contributed by atoms with Gasteiger partial charge in [-0.3, -0.25) is 9.59 Å². The van der Waals surface area contributed by atoms with E-state index in [1.807, 2.05) is 25.1 Å². The fourth-order valence-corrected chi connectivity index (χ4v) is 3.42. The van der Waals surface area contributed by atoms with Crippen LogP contribution in [0.4, 0.5) is 18.9 Å². The maximum Gasteiger partial charge on any atom is 0.418 e. The average Bonchev–Trinajstić information content (AvgIpc) is 2.67. The summed E-state index contributed by atoms with van der Waals surface area (Å²) in [5.41, 5.74) is 0.542. The first-order valence-electron chi connectivity index (χ1n) is 9.39. The summed E-state index contributed by atoms with van der Waals surface area (Å²) < 4.78 is 39.1. The van der Waals surface area contributed by atoms with E-state index < -0.39 is 17.6 Å². The minimum absolute atomic E-state index is 0.0451. The minimum Gasteiger partial charge on any atom is -0.327 e. The van der Waals surface area contributed by atoms with Crippen LogP contribution in [0.2, 0.25) is 0 Å². The number of anilines is 1. The molecule has 0 radical (unpaired) electrons. The molecule has 2 aromatic carbocycles. The van der Waals surface area contributed by atoms with E-state index in [-0.39, 0.29) is 18.1 Å². The third kappa shape index (κ3) is 5.35. The molecule has 2 aromatic rings. The standard InChI is InChI=1S/C21H22F3N3O2/c1-15-5-4-6-16(13-15)20(29)27-11-9-26(10-12-27)14-19(28)25-18-8-3-2-7-17(18)21(22,23)24/h2-8,13H,9-12,14H2,1H3,(H,25,28)/p+1. The van der Waals surface area contributed by atoms with Gasteiger partial charge in [-0.15, -0.1) is 0 Å². The lowest BCUT2D eigenvalue weighted by atomic mass is 10.1. The van der Waals surface area contributed by atoms with Crippen molar-refractivity contribution in [3.05, 3.63) is 65.2 Å². The first-order valence-corrected chi connectivity index (χ1v) is 9.39. The van der Waals surface area contributed by atoms with Gasteiger partial charge in [0.1, 0.15) is 0 Å². The number of piperazine rings is 1. The van der Waals surface area contributed by atoms with Gasteiger partial charge < -0.3 is 15.1 Å². The number of hydrogen-bond donors (Lipinski definition) is 2. The SMILES string of the molecule is Cc1cccc(C(=O)N2CC[NH+](CC(=O)Nc3ccccc3C(F)(F)F)CC2)c1. The maximum atomic E-state index is 13.0. The number of hydrogen-bond acceptors (Lipinski definition) is 2. The lowest BCUT2D eigenvalue weighted by Gasteiger charge is -2.32. The van der Waals surface area contributed by atoms with Gasteiger partial charge in [0, 0.05) is 5.56 Å². The van der Waals surface area contributed by atoms with Gasteiger partial charge in [0.15, 0.2) is 6.54 Å². The van der Waals surface area contributed by atoms with Crippen molar-refractivity contribution < 1.29 is 27.7 Å². The number of rotatable bonds is 4. The zero-order valence-electron chi connectivity index (χ0n) is 16.1. The van der Waals surface area contributed by atoms with Crippen LogP contribution in [-0.4, -0.2) is 49.4 Å². The zero-order valence-corrected chi connectivity index (χ0v) is 16.1. The molecule has 29 heavy (non-hydrogen) atoms. The van der Waals surface area contributed by atoms with E-state index in [0.29, 0.717) is 31.7 Å². The summed E-state index contributed by atoms with van der Waals surface area (Å²) in [6.07, 6.45) is -4.53. The van der Waals surface area contributed by atoms with E-state index in [0.717, 1.165) is 16.5 Å². The average molecular weight is 406 g/mol. The fourth-order valence-electron chi connectivity index (χ4n) is 3.42. The van der Waals surface area contributed by atoms with Gasteiger partial charge in [-0.1, -0.05) is 29.8 Å². The molecule has 1 saturated heterocycles. The Labute approximate surface area is 167 Å². The summed E-state index contributed by atoms with van der Waals surface area (Å²) >= 11 is 0. The van der Waals surface area contributed by atoms with Crippen LogP contribution in [0.25, 0.3) is 0 Å². The number of halogens is 3. The van der Waals surface area contributed by atoms with E-state index in [2.05, 4.69) is 5.32 Å². The molecular weight excluding hydrogens is 383 g/mol. The highest BCUT2D eigenvalue weighted by Gasteiger charge is 2.34. The summed E-state index contributed by atoms with van der Waals surface area (Å²) in [6.45, 7) is 4.09. The van der Waals surface area contributed by atoms with E-state index in [9.17, 15) is 22.8 Å². The molecule has 0 aromatic heterocycles. The van der Waals surface area contributed by atoms with Gasteiger partial charge in [0.05, 0.1) is 37.4 Å². The van der Waals surface area contributed by atoms with Crippen LogP contribution in [0.15, 0.2) is 48.5 Å². The van der Waals surface area contributed by atoms with Crippen LogP contribution in [0, 0.1) is 6.92 Å². The second-order valence-electron chi connectivity index (χ2n) is 7.18. The third-order valence-corrected chi connectivity index (χ3v) is 4.94. The van der Waals surface area contributed by atoms with Gasteiger partial charge in [-0.2, -0.15) is 13.2 Å². The molecule has 3 rings (SSSR count). The summed E-state index contributed by atoms with van der Waals surface area (Å²) in [5, 5.41) is 2.37. The van der Waals surface area contributed by atoms with Crippen LogP contribution >= 0.6 is 0 Å². The molecule has 2 amide bonds. The van der Waals surface area contributed by atoms with Crippen molar-refractivity contribution in [3.8, 4) is 0 Å². The summed E-state index contributed by atoms with van der Waals surface area (Å²) in [6, 6.07) is 12.3. The number of benzene rings is 2. The predicted octanol–water partition coefficient (Wildman–Crippen LogP) is 1.99. The molecule has 2 N–H and O–H groups in total. The highest BCUT2D eigenvalue weighted by atomic mass is 19.4. The number of quaternary nitrogens is 1. The van der Waals surface area contributed by atoms with Crippen molar-refractivity contribution in [1.29, 1.82) is 0 Å². The Kier molecular flexibility index (Phi) is 6.22. The van der Waals surface area contributed by atoms with Crippen LogP contribution in [0.1, 0.15) is 21.5 Å². The Hall–Kier alpha value is -2.87. The molecule has 154 valence electrons. The van der Waals surface area contributed by atoms with Crippen molar-refractivity contribution in [1.82, 2.24) is 4.90 Å². The molecule has 1 aliphatic rings. The topological polar surface area (TPSA) is 53.9 Å². The molecule has 0 unspecified atom stereocenters. The lowest BCUT2D eigenvalue weighted by Crippen LogP contribution is -3.15. The first kappa shape index (κ1) is 20.9. The number of nitrogens with one attached hydrogen (secondary N) is 2. The zero-order chi connectivity index (χ0) is 21.0. The fraction of sp³-hybridized carbons (Fsp3) is 0.333. The molecule has 0 spiro atoms. The highest BCUT2D eigenvalue weighted by molar-refractivity contribution is 5.94. The number of carbonyl (C=O) groups excluding carboxylic acids is 2. The number of amides is 2. The Balaban J connectivity index is 1.54. The molecule has 0 saturated carbocycles. The number of para-hydroxylation sites is 1. The second kappa shape index (κ2) is 8.65. The predicted molar refractivity (Wildman–Crippen MR) is 103 cm³/mol. The van der Waals surface area contributed by atoms with Gasteiger partial charge in [-0.25, -0.2) is 0 Å². The molecular formula is C21H23F3N3O2+. The number of alkyl halides is 3. The second-order valence-corrected chi connectivity index (χ2v) is 7.18. The first-order chi connectivity index (χ1) is 13.7. The number of aryl methyl sites for hydroxylation is 1. The van der Waals surface area contributed by atoms with E-state index in [1.165, 1.54) is 18.2 Å². The Bertz CT molecular complexity index is 891. The van der Waals surface area contributed by atoms with Crippen molar-refractivity contribution in [2.24, 2.45) is 0 Å². The summed E-state index contributed by atoms with van der Waals surface area (Å²) in [5.74, 6) is -0.522. The monoisotopic (exact) mass is 406 g/mol. The lowest BCUT2D eigenvalue weighted by molar-refractivity contribution is -0.895. The molecule has 0 aliphatic carbocycles. The van der Waals surface area contributed by atoms with E-state index >= 15 is 0 Å². The Morgan fingerprint density at radius 1 is 1.07 bits per heavy atom. The molecule has 1 aliphatic heterocycles. The van der Waals surface area contributed by atoms with Crippen LogP contribution in [0.3, 0.4) is 0 Å². The Morgan fingerprint density at radius 2 is 1.76 bits per heavy atom. The molecule has 1 fully saturated rings. The molecule has 0 atom stereocenters.